The lowest BCUT2D eigenvalue weighted by Gasteiger charge is -2.00. The molecular formula is C6H13N3. The Morgan fingerprint density at radius 2 is 2.00 bits per heavy atom. The molecule has 0 unspecified atom stereocenters. The van der Waals surface area contributed by atoms with E-state index in [4.69, 9.17) is 17.2 Å². The highest BCUT2D eigenvalue weighted by molar-refractivity contribution is 5.26. The van der Waals surface area contributed by atoms with E-state index in [2.05, 4.69) is 6.58 Å². The van der Waals surface area contributed by atoms with Gasteiger partial charge in [0.15, 0.2) is 0 Å². The number of hydrogen-bond donors (Lipinski definition) is 3. The lowest BCUT2D eigenvalue weighted by molar-refractivity contribution is 1.10. The molecule has 0 bridgehead atoms. The summed E-state index contributed by atoms with van der Waals surface area (Å²) >= 11 is 0. The van der Waals surface area contributed by atoms with Crippen molar-refractivity contribution in [2.24, 2.45) is 17.2 Å². The lowest BCUT2D eigenvalue weighted by Crippen LogP contribution is -2.11. The molecule has 0 aromatic heterocycles. The molecule has 0 aliphatic heterocycles. The third-order valence-electron chi connectivity index (χ3n) is 0.997. The van der Waals surface area contributed by atoms with Crippen molar-refractivity contribution in [1.82, 2.24) is 0 Å². The first kappa shape index (κ1) is 8.20. The quantitative estimate of drug-likeness (QED) is 0.439. The second kappa shape index (κ2) is 4.12. The van der Waals surface area contributed by atoms with Crippen LogP contribution in [0.3, 0.4) is 0 Å². The van der Waals surface area contributed by atoms with Gasteiger partial charge in [-0.1, -0.05) is 12.7 Å². The summed E-state index contributed by atoms with van der Waals surface area (Å²) in [5.41, 5.74) is 17.2. The van der Waals surface area contributed by atoms with Crippen LogP contribution in [0.1, 0.15) is 0 Å². The van der Waals surface area contributed by atoms with E-state index in [9.17, 15) is 0 Å². The third-order valence-corrected chi connectivity index (χ3v) is 0.997. The van der Waals surface area contributed by atoms with Gasteiger partial charge in [0.1, 0.15) is 0 Å². The molecule has 52 valence electrons. The molecule has 0 atom stereocenters. The second-order valence-electron chi connectivity index (χ2n) is 1.69. The standard InChI is InChI=1S/C6H13N3/c1-5(9)6(4-8)2-3-7/h2H,1,3-4,7-9H2/b6-2+. The first-order valence-electron chi connectivity index (χ1n) is 2.76. The predicted molar refractivity (Wildman–Crippen MR) is 39.5 cm³/mol. The van der Waals surface area contributed by atoms with E-state index in [1.54, 1.807) is 6.08 Å². The van der Waals surface area contributed by atoms with E-state index < -0.39 is 0 Å². The number of rotatable bonds is 3. The molecule has 0 aromatic rings. The normalized spacial score (nSPS) is 11.6. The number of hydrogen-bond acceptors (Lipinski definition) is 3. The molecule has 0 radical (unpaired) electrons. The summed E-state index contributed by atoms with van der Waals surface area (Å²) in [6.07, 6.45) is 1.77. The van der Waals surface area contributed by atoms with Crippen molar-refractivity contribution in [3.8, 4) is 0 Å². The highest BCUT2D eigenvalue weighted by Crippen LogP contribution is 1.96. The molecule has 0 fully saturated rings. The van der Waals surface area contributed by atoms with Crippen LogP contribution >= 0.6 is 0 Å². The molecule has 0 aliphatic rings. The summed E-state index contributed by atoms with van der Waals surface area (Å²) in [6, 6.07) is 0. The minimum absolute atomic E-state index is 0.409. The summed E-state index contributed by atoms with van der Waals surface area (Å²) < 4.78 is 0. The highest BCUT2D eigenvalue weighted by atomic mass is 14.6. The fourth-order valence-electron chi connectivity index (χ4n) is 0.488. The van der Waals surface area contributed by atoms with Gasteiger partial charge in [0, 0.05) is 18.8 Å². The van der Waals surface area contributed by atoms with Crippen LogP contribution in [0.5, 0.6) is 0 Å². The van der Waals surface area contributed by atoms with Gasteiger partial charge in [-0.05, 0) is 5.57 Å². The smallest absolute Gasteiger partial charge is 0.0283 e. The molecular weight excluding hydrogens is 114 g/mol. The largest absolute Gasteiger partial charge is 0.399 e. The van der Waals surface area contributed by atoms with Crippen molar-refractivity contribution in [3.63, 3.8) is 0 Å². The monoisotopic (exact) mass is 127 g/mol. The third kappa shape index (κ3) is 2.90. The van der Waals surface area contributed by atoms with Crippen LogP contribution < -0.4 is 17.2 Å². The average molecular weight is 127 g/mol. The van der Waals surface area contributed by atoms with Crippen LogP contribution in [-0.4, -0.2) is 13.1 Å². The molecule has 0 aliphatic carbocycles. The zero-order chi connectivity index (χ0) is 7.28. The van der Waals surface area contributed by atoms with Gasteiger partial charge in [0.25, 0.3) is 0 Å². The van der Waals surface area contributed by atoms with Gasteiger partial charge in [-0.2, -0.15) is 0 Å². The van der Waals surface area contributed by atoms with Crippen molar-refractivity contribution in [2.45, 2.75) is 0 Å². The van der Waals surface area contributed by atoms with Crippen LogP contribution in [0, 0.1) is 0 Å². The topological polar surface area (TPSA) is 78.1 Å². The predicted octanol–water partition coefficient (Wildman–Crippen LogP) is -0.697. The summed E-state index contributed by atoms with van der Waals surface area (Å²) in [6.45, 7) is 4.39. The molecule has 0 saturated carbocycles. The second-order valence-corrected chi connectivity index (χ2v) is 1.69. The van der Waals surface area contributed by atoms with Crippen molar-refractivity contribution < 1.29 is 0 Å². The van der Waals surface area contributed by atoms with E-state index in [1.165, 1.54) is 0 Å². The van der Waals surface area contributed by atoms with E-state index in [-0.39, 0.29) is 0 Å². The first-order chi connectivity index (χ1) is 4.22. The minimum atomic E-state index is 0.409. The van der Waals surface area contributed by atoms with Crippen LogP contribution in [0.25, 0.3) is 0 Å². The van der Waals surface area contributed by atoms with Gasteiger partial charge in [0.2, 0.25) is 0 Å². The molecule has 0 saturated heterocycles. The highest BCUT2D eigenvalue weighted by Gasteiger charge is 1.91. The summed E-state index contributed by atoms with van der Waals surface area (Å²) in [4.78, 5) is 0. The molecule has 0 rings (SSSR count). The van der Waals surface area contributed by atoms with Gasteiger partial charge in [0.05, 0.1) is 0 Å². The maximum Gasteiger partial charge on any atom is 0.0283 e. The summed E-state index contributed by atoms with van der Waals surface area (Å²) in [5.74, 6) is 0. The van der Waals surface area contributed by atoms with Crippen LogP contribution in [0.15, 0.2) is 23.9 Å². The molecule has 0 aromatic carbocycles. The first-order valence-corrected chi connectivity index (χ1v) is 2.76. The van der Waals surface area contributed by atoms with Crippen LogP contribution in [-0.2, 0) is 0 Å². The summed E-state index contributed by atoms with van der Waals surface area (Å²) in [7, 11) is 0. The Morgan fingerprint density at radius 3 is 2.11 bits per heavy atom. The maximum absolute atomic E-state index is 5.33. The van der Waals surface area contributed by atoms with E-state index in [0.29, 0.717) is 18.8 Å². The van der Waals surface area contributed by atoms with Crippen LogP contribution in [0.2, 0.25) is 0 Å². The molecule has 0 spiro atoms. The Balaban J connectivity index is 3.98. The Labute approximate surface area is 55.2 Å². The Hall–Kier alpha value is -0.800. The van der Waals surface area contributed by atoms with Gasteiger partial charge < -0.3 is 17.2 Å². The van der Waals surface area contributed by atoms with Crippen molar-refractivity contribution >= 4 is 0 Å². The zero-order valence-electron chi connectivity index (χ0n) is 5.43. The lowest BCUT2D eigenvalue weighted by atomic mass is 10.2. The number of nitrogens with two attached hydrogens (primary N) is 3. The van der Waals surface area contributed by atoms with Gasteiger partial charge >= 0.3 is 0 Å². The fraction of sp³-hybridized carbons (Fsp3) is 0.333. The Morgan fingerprint density at radius 1 is 1.44 bits per heavy atom. The fourth-order valence-corrected chi connectivity index (χ4v) is 0.488. The average Bonchev–Trinajstić information content (AvgIpc) is 1.82. The molecule has 3 nitrogen and oxygen atoms in total. The Kier molecular flexibility index (Phi) is 3.75. The zero-order valence-corrected chi connectivity index (χ0v) is 5.43. The molecule has 6 N–H and O–H groups in total. The van der Waals surface area contributed by atoms with Crippen molar-refractivity contribution in [3.05, 3.63) is 23.9 Å². The van der Waals surface area contributed by atoms with Gasteiger partial charge in [-0.3, -0.25) is 0 Å². The van der Waals surface area contributed by atoms with E-state index in [1.807, 2.05) is 0 Å². The van der Waals surface area contributed by atoms with Crippen molar-refractivity contribution in [1.29, 1.82) is 0 Å². The molecule has 0 heterocycles. The molecule has 9 heavy (non-hydrogen) atoms. The maximum atomic E-state index is 5.33. The summed E-state index contributed by atoms with van der Waals surface area (Å²) in [5, 5.41) is 0. The molecule has 3 heteroatoms. The van der Waals surface area contributed by atoms with E-state index in [0.717, 1.165) is 5.57 Å². The van der Waals surface area contributed by atoms with Crippen molar-refractivity contribution in [2.75, 3.05) is 13.1 Å². The SMILES string of the molecule is C=C(N)/C(=C/CN)CN. The van der Waals surface area contributed by atoms with Gasteiger partial charge in [-0.25, -0.2) is 0 Å². The van der Waals surface area contributed by atoms with E-state index >= 15 is 0 Å². The minimum Gasteiger partial charge on any atom is -0.399 e. The Bertz CT molecular complexity index is 126. The molecule has 0 amide bonds. The van der Waals surface area contributed by atoms with Gasteiger partial charge in [-0.15, -0.1) is 0 Å². The van der Waals surface area contributed by atoms with Crippen LogP contribution in [0.4, 0.5) is 0 Å².